The molecule has 1 saturated heterocycles. The number of ether oxygens (including phenoxy) is 1. The predicted molar refractivity (Wildman–Crippen MR) is 69.3 cm³/mol. The van der Waals surface area contributed by atoms with Crippen molar-refractivity contribution in [2.75, 3.05) is 19.8 Å². The van der Waals surface area contributed by atoms with E-state index in [0.29, 0.717) is 25.0 Å². The van der Waals surface area contributed by atoms with Gasteiger partial charge in [-0.25, -0.2) is 0 Å². The number of aliphatic hydroxyl groups excluding tert-OH is 1. The molecule has 4 fully saturated rings. The van der Waals surface area contributed by atoms with E-state index in [-0.39, 0.29) is 18.4 Å². The highest BCUT2D eigenvalue weighted by molar-refractivity contribution is 5.83. The van der Waals surface area contributed by atoms with Crippen molar-refractivity contribution < 1.29 is 14.6 Å². The first-order chi connectivity index (χ1) is 9.24. The second-order valence-electron chi connectivity index (χ2n) is 7.05. The minimum Gasteiger partial charge on any atom is -0.394 e. The van der Waals surface area contributed by atoms with Crippen LogP contribution in [0.15, 0.2) is 0 Å². The molecule has 4 rings (SSSR count). The zero-order chi connectivity index (χ0) is 13.0. The standard InChI is InChI=1S/C15H23NO3/c17-8-15(3-5-19-6-4-15)16-14(18)13-11-9-1-2-10(7-9)12(11)13/h9-13,17H,1-8H2,(H,16,18). The number of rotatable bonds is 3. The first-order valence-corrected chi connectivity index (χ1v) is 7.75. The number of carbonyl (C=O) groups is 1. The van der Waals surface area contributed by atoms with E-state index in [4.69, 9.17) is 4.74 Å². The van der Waals surface area contributed by atoms with Crippen LogP contribution >= 0.6 is 0 Å². The first-order valence-electron chi connectivity index (χ1n) is 7.75. The van der Waals surface area contributed by atoms with Crippen LogP contribution in [0.1, 0.15) is 32.1 Å². The molecular formula is C15H23NO3. The number of carbonyl (C=O) groups excluding carboxylic acids is 1. The average molecular weight is 265 g/mol. The van der Waals surface area contributed by atoms with Gasteiger partial charge >= 0.3 is 0 Å². The number of aliphatic hydroxyl groups is 1. The molecule has 4 atom stereocenters. The molecule has 0 aromatic rings. The highest BCUT2D eigenvalue weighted by atomic mass is 16.5. The van der Waals surface area contributed by atoms with Gasteiger partial charge in [0.15, 0.2) is 0 Å². The highest BCUT2D eigenvalue weighted by Crippen LogP contribution is 2.69. The second kappa shape index (κ2) is 4.19. The van der Waals surface area contributed by atoms with E-state index in [1.54, 1.807) is 0 Å². The number of hydrogen-bond donors (Lipinski definition) is 2. The molecule has 0 spiro atoms. The molecule has 2 N–H and O–H groups in total. The molecule has 2 bridgehead atoms. The largest absolute Gasteiger partial charge is 0.394 e. The normalized spacial score (nSPS) is 45.8. The number of amides is 1. The number of nitrogens with one attached hydrogen (secondary N) is 1. The maximum Gasteiger partial charge on any atom is 0.224 e. The Labute approximate surface area is 113 Å². The summed E-state index contributed by atoms with van der Waals surface area (Å²) in [6.45, 7) is 1.32. The lowest BCUT2D eigenvalue weighted by atomic mass is 9.90. The minimum absolute atomic E-state index is 0.0387. The molecule has 3 saturated carbocycles. The van der Waals surface area contributed by atoms with Gasteiger partial charge < -0.3 is 15.2 Å². The van der Waals surface area contributed by atoms with Crippen LogP contribution < -0.4 is 5.32 Å². The van der Waals surface area contributed by atoms with Crippen molar-refractivity contribution in [3.63, 3.8) is 0 Å². The predicted octanol–water partition coefficient (Wildman–Crippen LogP) is 0.936. The summed E-state index contributed by atoms with van der Waals surface area (Å²) in [7, 11) is 0. The van der Waals surface area contributed by atoms with E-state index in [9.17, 15) is 9.90 Å². The van der Waals surface area contributed by atoms with Crippen LogP contribution in [0.2, 0.25) is 0 Å². The maximum absolute atomic E-state index is 12.5. The Kier molecular flexibility index (Phi) is 2.68. The average Bonchev–Trinajstić information content (AvgIpc) is 2.89. The summed E-state index contributed by atoms with van der Waals surface area (Å²) in [6.07, 6.45) is 5.54. The van der Waals surface area contributed by atoms with Gasteiger partial charge in [-0.05, 0) is 55.8 Å². The van der Waals surface area contributed by atoms with E-state index >= 15 is 0 Å². The number of hydrogen-bond acceptors (Lipinski definition) is 3. The SMILES string of the molecule is O=C(NC1(CO)CCOCC1)C1C2C3CCC(C3)C12. The summed E-state index contributed by atoms with van der Waals surface area (Å²) in [6, 6.07) is 0. The first kappa shape index (κ1) is 12.2. The molecule has 19 heavy (non-hydrogen) atoms. The van der Waals surface area contributed by atoms with Gasteiger partial charge in [0.2, 0.25) is 5.91 Å². The maximum atomic E-state index is 12.5. The van der Waals surface area contributed by atoms with Crippen molar-refractivity contribution >= 4 is 5.91 Å². The molecule has 0 aromatic heterocycles. The van der Waals surface area contributed by atoms with E-state index in [1.807, 2.05) is 0 Å². The van der Waals surface area contributed by atoms with Gasteiger partial charge in [-0.3, -0.25) is 4.79 Å². The van der Waals surface area contributed by atoms with Gasteiger partial charge in [0, 0.05) is 19.1 Å². The van der Waals surface area contributed by atoms with Gasteiger partial charge in [0.05, 0.1) is 12.1 Å². The zero-order valence-corrected chi connectivity index (χ0v) is 11.3. The summed E-state index contributed by atoms with van der Waals surface area (Å²) in [5.74, 6) is 3.47. The van der Waals surface area contributed by atoms with Crippen LogP contribution in [-0.4, -0.2) is 36.4 Å². The molecule has 4 aliphatic rings. The van der Waals surface area contributed by atoms with Crippen LogP contribution in [0.3, 0.4) is 0 Å². The number of fused-ring (bicyclic) bond motifs is 5. The molecule has 1 amide bonds. The summed E-state index contributed by atoms with van der Waals surface area (Å²) >= 11 is 0. The van der Waals surface area contributed by atoms with Gasteiger partial charge in [0.25, 0.3) is 0 Å². The quantitative estimate of drug-likeness (QED) is 0.798. The molecule has 4 heteroatoms. The van der Waals surface area contributed by atoms with Gasteiger partial charge in [-0.2, -0.15) is 0 Å². The molecule has 4 unspecified atom stereocenters. The van der Waals surface area contributed by atoms with Crippen LogP contribution in [0.4, 0.5) is 0 Å². The topological polar surface area (TPSA) is 58.6 Å². The third-order valence-corrected chi connectivity index (χ3v) is 6.18. The van der Waals surface area contributed by atoms with Crippen molar-refractivity contribution in [2.45, 2.75) is 37.6 Å². The lowest BCUT2D eigenvalue weighted by Crippen LogP contribution is -2.55. The van der Waals surface area contributed by atoms with E-state index in [2.05, 4.69) is 5.32 Å². The zero-order valence-electron chi connectivity index (χ0n) is 11.3. The van der Waals surface area contributed by atoms with E-state index < -0.39 is 5.54 Å². The Morgan fingerprint density at radius 1 is 1.21 bits per heavy atom. The van der Waals surface area contributed by atoms with Gasteiger partial charge in [-0.15, -0.1) is 0 Å². The van der Waals surface area contributed by atoms with Crippen molar-refractivity contribution in [1.82, 2.24) is 5.32 Å². The van der Waals surface area contributed by atoms with Crippen LogP contribution in [-0.2, 0) is 9.53 Å². The fourth-order valence-electron chi connectivity index (χ4n) is 5.11. The molecule has 3 aliphatic carbocycles. The third-order valence-electron chi connectivity index (χ3n) is 6.18. The molecular weight excluding hydrogens is 242 g/mol. The molecule has 106 valence electrons. The van der Waals surface area contributed by atoms with Gasteiger partial charge in [-0.1, -0.05) is 0 Å². The van der Waals surface area contributed by atoms with E-state index in [1.165, 1.54) is 19.3 Å². The Morgan fingerprint density at radius 3 is 2.42 bits per heavy atom. The minimum atomic E-state index is -0.411. The molecule has 0 radical (unpaired) electrons. The van der Waals surface area contributed by atoms with E-state index in [0.717, 1.165) is 24.7 Å². The molecule has 0 aromatic carbocycles. The molecule has 1 heterocycles. The Hall–Kier alpha value is -0.610. The van der Waals surface area contributed by atoms with Crippen molar-refractivity contribution in [2.24, 2.45) is 29.6 Å². The lowest BCUT2D eigenvalue weighted by Gasteiger charge is -2.36. The summed E-state index contributed by atoms with van der Waals surface area (Å²) in [4.78, 5) is 12.5. The fourth-order valence-corrected chi connectivity index (χ4v) is 5.11. The van der Waals surface area contributed by atoms with Crippen LogP contribution in [0, 0.1) is 29.6 Å². The van der Waals surface area contributed by atoms with Crippen LogP contribution in [0.5, 0.6) is 0 Å². The monoisotopic (exact) mass is 265 g/mol. The third kappa shape index (κ3) is 1.76. The van der Waals surface area contributed by atoms with Gasteiger partial charge in [0.1, 0.15) is 0 Å². The van der Waals surface area contributed by atoms with Crippen molar-refractivity contribution in [3.8, 4) is 0 Å². The Balaban J connectivity index is 1.42. The van der Waals surface area contributed by atoms with Crippen molar-refractivity contribution in [3.05, 3.63) is 0 Å². The Morgan fingerprint density at radius 2 is 1.84 bits per heavy atom. The molecule has 1 aliphatic heterocycles. The van der Waals surface area contributed by atoms with Crippen molar-refractivity contribution in [1.29, 1.82) is 0 Å². The van der Waals surface area contributed by atoms with Crippen LogP contribution in [0.25, 0.3) is 0 Å². The highest BCUT2D eigenvalue weighted by Gasteiger charge is 2.67. The smallest absolute Gasteiger partial charge is 0.224 e. The Bertz CT molecular complexity index is 375. The fraction of sp³-hybridized carbons (Fsp3) is 0.933. The summed E-state index contributed by atoms with van der Waals surface area (Å²) in [5, 5.41) is 12.8. The summed E-state index contributed by atoms with van der Waals surface area (Å²) in [5.41, 5.74) is -0.411. The second-order valence-corrected chi connectivity index (χ2v) is 7.05. The summed E-state index contributed by atoms with van der Waals surface area (Å²) < 4.78 is 5.34. The lowest BCUT2D eigenvalue weighted by molar-refractivity contribution is -0.127. The molecule has 4 nitrogen and oxygen atoms in total.